The Balaban J connectivity index is 1.62. The highest BCUT2D eigenvalue weighted by atomic mass is 16.5. The first kappa shape index (κ1) is 17.7. The van der Waals surface area contributed by atoms with Crippen LogP contribution in [0.4, 0.5) is 4.79 Å². The quantitative estimate of drug-likeness (QED) is 0.884. The Labute approximate surface area is 148 Å². The van der Waals surface area contributed by atoms with Gasteiger partial charge >= 0.3 is 6.03 Å². The van der Waals surface area contributed by atoms with Crippen LogP contribution in [0.1, 0.15) is 41.9 Å². The molecular formula is C17H27N5O3. The van der Waals surface area contributed by atoms with Crippen molar-refractivity contribution in [3.63, 3.8) is 0 Å². The summed E-state index contributed by atoms with van der Waals surface area (Å²) in [5.74, 6) is 0.00589. The highest BCUT2D eigenvalue weighted by Gasteiger charge is 2.28. The molecule has 138 valence electrons. The van der Waals surface area contributed by atoms with Gasteiger partial charge in [0, 0.05) is 51.6 Å². The molecule has 8 nitrogen and oxygen atoms in total. The van der Waals surface area contributed by atoms with E-state index in [1.54, 1.807) is 11.1 Å². The smallest absolute Gasteiger partial charge is 0.317 e. The highest BCUT2D eigenvalue weighted by molar-refractivity contribution is 5.95. The molecule has 8 heteroatoms. The topological polar surface area (TPSA) is 79.7 Å². The SMILES string of the molecule is CCNC(=O)N1CCN(C(=O)c2cnn(C3CCOCC3)c2C)CC1. The monoisotopic (exact) mass is 349 g/mol. The van der Waals surface area contributed by atoms with E-state index < -0.39 is 0 Å². The van der Waals surface area contributed by atoms with E-state index in [0.717, 1.165) is 31.7 Å². The third-order valence-electron chi connectivity index (χ3n) is 4.99. The number of carbonyl (C=O) groups is 2. The molecule has 0 aliphatic carbocycles. The zero-order chi connectivity index (χ0) is 17.8. The number of rotatable bonds is 3. The van der Waals surface area contributed by atoms with Crippen LogP contribution in [0.15, 0.2) is 6.20 Å². The van der Waals surface area contributed by atoms with Gasteiger partial charge in [-0.1, -0.05) is 0 Å². The third-order valence-corrected chi connectivity index (χ3v) is 4.99. The Morgan fingerprint density at radius 3 is 2.48 bits per heavy atom. The second kappa shape index (κ2) is 7.86. The molecule has 1 N–H and O–H groups in total. The van der Waals surface area contributed by atoms with E-state index in [1.165, 1.54) is 0 Å². The van der Waals surface area contributed by atoms with Gasteiger partial charge in [-0.25, -0.2) is 4.79 Å². The van der Waals surface area contributed by atoms with Gasteiger partial charge in [0.25, 0.3) is 5.91 Å². The zero-order valence-corrected chi connectivity index (χ0v) is 15.0. The maximum atomic E-state index is 12.8. The summed E-state index contributed by atoms with van der Waals surface area (Å²) in [4.78, 5) is 28.3. The highest BCUT2D eigenvalue weighted by Crippen LogP contribution is 2.24. The first-order valence-corrected chi connectivity index (χ1v) is 9.05. The average molecular weight is 349 g/mol. The van der Waals surface area contributed by atoms with E-state index >= 15 is 0 Å². The van der Waals surface area contributed by atoms with Crippen molar-refractivity contribution in [1.29, 1.82) is 0 Å². The number of nitrogens with one attached hydrogen (secondary N) is 1. The standard InChI is InChI=1S/C17H27N5O3/c1-3-18-17(24)21-8-6-20(7-9-21)16(23)15-12-19-22(13(15)2)14-4-10-25-11-5-14/h12,14H,3-11H2,1-2H3,(H,18,24). The Hall–Kier alpha value is -2.09. The van der Waals surface area contributed by atoms with E-state index in [9.17, 15) is 9.59 Å². The molecule has 25 heavy (non-hydrogen) atoms. The van der Waals surface area contributed by atoms with E-state index in [4.69, 9.17) is 4.74 Å². The van der Waals surface area contributed by atoms with Crippen molar-refractivity contribution in [2.45, 2.75) is 32.7 Å². The summed E-state index contributed by atoms with van der Waals surface area (Å²) in [7, 11) is 0. The molecule has 2 saturated heterocycles. The molecule has 2 fully saturated rings. The summed E-state index contributed by atoms with van der Waals surface area (Å²) < 4.78 is 7.38. The number of ether oxygens (including phenoxy) is 1. The Morgan fingerprint density at radius 1 is 1.20 bits per heavy atom. The van der Waals surface area contributed by atoms with Crippen molar-refractivity contribution in [2.75, 3.05) is 45.9 Å². The molecule has 2 aliphatic rings. The van der Waals surface area contributed by atoms with E-state index in [-0.39, 0.29) is 11.9 Å². The van der Waals surface area contributed by atoms with E-state index in [0.29, 0.717) is 44.3 Å². The van der Waals surface area contributed by atoms with Gasteiger partial charge in [0.1, 0.15) is 0 Å². The van der Waals surface area contributed by atoms with Crippen LogP contribution in [0.2, 0.25) is 0 Å². The second-order valence-electron chi connectivity index (χ2n) is 6.55. The lowest BCUT2D eigenvalue weighted by Gasteiger charge is -2.34. The maximum Gasteiger partial charge on any atom is 0.317 e. The first-order valence-electron chi connectivity index (χ1n) is 9.05. The number of carbonyl (C=O) groups excluding carboxylic acids is 2. The van der Waals surface area contributed by atoms with Gasteiger partial charge in [0.2, 0.25) is 0 Å². The number of aromatic nitrogens is 2. The van der Waals surface area contributed by atoms with E-state index in [1.807, 2.05) is 23.4 Å². The minimum Gasteiger partial charge on any atom is -0.381 e. The van der Waals surface area contributed by atoms with Crippen molar-refractivity contribution in [1.82, 2.24) is 24.9 Å². The molecule has 0 aromatic carbocycles. The number of piperazine rings is 1. The van der Waals surface area contributed by atoms with Gasteiger partial charge < -0.3 is 19.9 Å². The fourth-order valence-electron chi connectivity index (χ4n) is 3.48. The Morgan fingerprint density at radius 2 is 1.84 bits per heavy atom. The molecule has 0 bridgehead atoms. The Kier molecular flexibility index (Phi) is 5.57. The predicted molar refractivity (Wildman–Crippen MR) is 92.6 cm³/mol. The lowest BCUT2D eigenvalue weighted by Crippen LogP contribution is -2.53. The van der Waals surface area contributed by atoms with Gasteiger partial charge in [-0.05, 0) is 26.7 Å². The summed E-state index contributed by atoms with van der Waals surface area (Å²) >= 11 is 0. The van der Waals surface area contributed by atoms with Gasteiger partial charge in [0.15, 0.2) is 0 Å². The molecule has 0 atom stereocenters. The minimum atomic E-state index is -0.0573. The van der Waals surface area contributed by atoms with Gasteiger partial charge in [-0.15, -0.1) is 0 Å². The number of hydrogen-bond donors (Lipinski definition) is 1. The van der Waals surface area contributed by atoms with Crippen molar-refractivity contribution < 1.29 is 14.3 Å². The maximum absolute atomic E-state index is 12.8. The lowest BCUT2D eigenvalue weighted by molar-refractivity contribution is 0.0647. The summed E-state index contributed by atoms with van der Waals surface area (Å²) in [6.07, 6.45) is 3.55. The summed E-state index contributed by atoms with van der Waals surface area (Å²) in [5, 5.41) is 7.26. The van der Waals surface area contributed by atoms with Crippen LogP contribution < -0.4 is 5.32 Å². The van der Waals surface area contributed by atoms with Gasteiger partial charge in [-0.3, -0.25) is 9.48 Å². The normalized spacial score (nSPS) is 19.1. The number of nitrogens with zero attached hydrogens (tertiary/aromatic N) is 4. The van der Waals surface area contributed by atoms with Crippen molar-refractivity contribution in [3.05, 3.63) is 17.5 Å². The molecule has 0 unspecified atom stereocenters. The number of hydrogen-bond acceptors (Lipinski definition) is 4. The number of urea groups is 1. The molecular weight excluding hydrogens is 322 g/mol. The van der Waals surface area contributed by atoms with E-state index in [2.05, 4.69) is 10.4 Å². The molecule has 1 aromatic rings. The lowest BCUT2D eigenvalue weighted by atomic mass is 10.1. The molecule has 3 rings (SSSR count). The van der Waals surface area contributed by atoms with Crippen molar-refractivity contribution in [3.8, 4) is 0 Å². The van der Waals surface area contributed by atoms with Crippen LogP contribution >= 0.6 is 0 Å². The summed E-state index contributed by atoms with van der Waals surface area (Å²) in [6, 6.07) is 0.253. The molecule has 2 aliphatic heterocycles. The van der Waals surface area contributed by atoms with Crippen LogP contribution in [-0.4, -0.2) is 77.5 Å². The summed E-state index contributed by atoms with van der Waals surface area (Å²) in [5.41, 5.74) is 1.58. The van der Waals surface area contributed by atoms with Crippen LogP contribution in [0.5, 0.6) is 0 Å². The van der Waals surface area contributed by atoms with Crippen LogP contribution in [0.25, 0.3) is 0 Å². The van der Waals surface area contributed by atoms with Crippen LogP contribution in [0, 0.1) is 6.92 Å². The average Bonchev–Trinajstić information content (AvgIpc) is 3.03. The molecule has 0 saturated carbocycles. The fraction of sp³-hybridized carbons (Fsp3) is 0.706. The first-order chi connectivity index (χ1) is 12.1. The minimum absolute atomic E-state index is 0.00589. The van der Waals surface area contributed by atoms with Crippen LogP contribution in [0.3, 0.4) is 0 Å². The largest absolute Gasteiger partial charge is 0.381 e. The van der Waals surface area contributed by atoms with Crippen molar-refractivity contribution in [2.24, 2.45) is 0 Å². The molecule has 0 radical (unpaired) electrons. The third kappa shape index (κ3) is 3.78. The number of amides is 3. The van der Waals surface area contributed by atoms with Crippen LogP contribution in [-0.2, 0) is 4.74 Å². The second-order valence-corrected chi connectivity index (χ2v) is 6.55. The van der Waals surface area contributed by atoms with Gasteiger partial charge in [0.05, 0.1) is 17.8 Å². The van der Waals surface area contributed by atoms with Crippen molar-refractivity contribution >= 4 is 11.9 Å². The summed E-state index contributed by atoms with van der Waals surface area (Å²) in [6.45, 7) is 8.19. The molecule has 3 amide bonds. The predicted octanol–water partition coefficient (Wildman–Crippen LogP) is 1.03. The fourth-order valence-corrected chi connectivity index (χ4v) is 3.48. The van der Waals surface area contributed by atoms with Gasteiger partial charge in [-0.2, -0.15) is 5.10 Å². The molecule has 3 heterocycles. The Bertz CT molecular complexity index is 616. The molecule has 1 aromatic heterocycles. The molecule has 0 spiro atoms. The zero-order valence-electron chi connectivity index (χ0n) is 15.0.